The van der Waals surface area contributed by atoms with Gasteiger partial charge in [0.15, 0.2) is 0 Å². The van der Waals surface area contributed by atoms with Crippen molar-refractivity contribution in [2.45, 2.75) is 13.2 Å². The van der Waals surface area contributed by atoms with E-state index < -0.39 is 17.5 Å². The number of fused-ring (bicyclic) bond motifs is 1. The minimum absolute atomic E-state index is 0.149. The van der Waals surface area contributed by atoms with Crippen molar-refractivity contribution in [3.63, 3.8) is 0 Å². The van der Waals surface area contributed by atoms with Gasteiger partial charge in [0, 0.05) is 42.0 Å². The maximum absolute atomic E-state index is 14.1. The Bertz CT molecular complexity index is 1280. The van der Waals surface area contributed by atoms with Crippen LogP contribution in [0.2, 0.25) is 0 Å². The van der Waals surface area contributed by atoms with Crippen molar-refractivity contribution in [2.24, 2.45) is 0 Å². The van der Waals surface area contributed by atoms with Gasteiger partial charge in [-0.2, -0.15) is 0 Å². The summed E-state index contributed by atoms with van der Waals surface area (Å²) >= 11 is 0. The van der Waals surface area contributed by atoms with Crippen LogP contribution in [0.15, 0.2) is 59.5 Å². The van der Waals surface area contributed by atoms with Crippen LogP contribution < -0.4 is 15.6 Å². The average Bonchev–Trinajstić information content (AvgIpc) is 3.11. The molecular weight excluding hydrogens is 395 g/mol. The number of nitrogens with zero attached hydrogens (tertiary/aromatic N) is 1. The smallest absolute Gasteiger partial charge is 0.274 e. The number of benzene rings is 2. The Morgan fingerprint density at radius 1 is 1.07 bits per heavy atom. The fraction of sp³-hybridized carbons (Fsp3) is 0.136. The molecule has 5 nitrogen and oxygen atoms in total. The first-order valence-electron chi connectivity index (χ1n) is 9.19. The summed E-state index contributed by atoms with van der Waals surface area (Å²) < 4.78 is 48.1. The summed E-state index contributed by atoms with van der Waals surface area (Å²) in [4.78, 5) is 15.5. The molecule has 4 aromatic rings. The number of rotatable bonds is 6. The summed E-state index contributed by atoms with van der Waals surface area (Å²) in [5, 5.41) is 3.39. The van der Waals surface area contributed by atoms with Crippen molar-refractivity contribution in [1.82, 2.24) is 9.55 Å². The molecule has 0 aliphatic heterocycles. The van der Waals surface area contributed by atoms with Crippen LogP contribution in [0.3, 0.4) is 0 Å². The Balaban J connectivity index is 1.64. The molecule has 2 aromatic heterocycles. The highest BCUT2D eigenvalue weighted by Gasteiger charge is 2.12. The zero-order valence-corrected chi connectivity index (χ0v) is 16.0. The Morgan fingerprint density at radius 2 is 1.90 bits per heavy atom. The number of anilines is 1. The van der Waals surface area contributed by atoms with E-state index in [1.165, 1.54) is 22.8 Å². The predicted molar refractivity (Wildman–Crippen MR) is 108 cm³/mol. The van der Waals surface area contributed by atoms with Crippen LogP contribution in [-0.2, 0) is 13.2 Å². The van der Waals surface area contributed by atoms with E-state index in [1.54, 1.807) is 31.4 Å². The molecule has 0 aliphatic rings. The van der Waals surface area contributed by atoms with Gasteiger partial charge in [-0.05, 0) is 36.4 Å². The van der Waals surface area contributed by atoms with Crippen molar-refractivity contribution in [3.8, 4) is 5.75 Å². The molecule has 30 heavy (non-hydrogen) atoms. The molecule has 0 saturated heterocycles. The highest BCUT2D eigenvalue weighted by molar-refractivity contribution is 5.86. The van der Waals surface area contributed by atoms with Gasteiger partial charge in [-0.15, -0.1) is 0 Å². The molecular formula is C22H18F3N3O2. The third-order valence-corrected chi connectivity index (χ3v) is 4.74. The summed E-state index contributed by atoms with van der Waals surface area (Å²) in [6.07, 6.45) is 1.66. The standard InChI is InChI=1S/C22H18F3N3O2/c1-26-19-3-2-6-28(22(19)29)11-17-8-14-7-16(24)10-20(21(14)27-17)30-12-13-4-5-15(23)9-18(13)25/h2-10,26-27H,11-12H2,1H3. The van der Waals surface area contributed by atoms with E-state index in [1.807, 2.05) is 0 Å². The van der Waals surface area contributed by atoms with Gasteiger partial charge in [-0.1, -0.05) is 0 Å². The molecule has 2 heterocycles. The molecule has 2 N–H and O–H groups in total. The van der Waals surface area contributed by atoms with Crippen LogP contribution in [0.4, 0.5) is 18.9 Å². The van der Waals surface area contributed by atoms with Crippen molar-refractivity contribution < 1.29 is 17.9 Å². The second-order valence-electron chi connectivity index (χ2n) is 6.79. The Kier molecular flexibility index (Phi) is 5.22. The fourth-order valence-corrected chi connectivity index (χ4v) is 3.26. The molecule has 0 fully saturated rings. The zero-order chi connectivity index (χ0) is 21.3. The highest BCUT2D eigenvalue weighted by Crippen LogP contribution is 2.29. The van der Waals surface area contributed by atoms with E-state index in [0.29, 0.717) is 22.3 Å². The largest absolute Gasteiger partial charge is 0.486 e. The zero-order valence-electron chi connectivity index (χ0n) is 16.0. The number of hydrogen-bond acceptors (Lipinski definition) is 3. The number of hydrogen-bond donors (Lipinski definition) is 2. The summed E-state index contributed by atoms with van der Waals surface area (Å²) in [6.45, 7) is 0.0549. The molecule has 0 unspecified atom stereocenters. The lowest BCUT2D eigenvalue weighted by Crippen LogP contribution is -2.22. The summed E-state index contributed by atoms with van der Waals surface area (Å²) in [5.74, 6) is -1.75. The van der Waals surface area contributed by atoms with Crippen molar-refractivity contribution in [1.29, 1.82) is 0 Å². The number of halogens is 3. The second kappa shape index (κ2) is 7.98. The molecule has 0 saturated carbocycles. The van der Waals surface area contributed by atoms with Crippen LogP contribution in [0.5, 0.6) is 5.75 Å². The molecule has 8 heteroatoms. The van der Waals surface area contributed by atoms with E-state index >= 15 is 0 Å². The maximum Gasteiger partial charge on any atom is 0.274 e. The summed E-state index contributed by atoms with van der Waals surface area (Å²) in [7, 11) is 1.67. The normalized spacial score (nSPS) is 11.1. The van der Waals surface area contributed by atoms with Gasteiger partial charge in [0.2, 0.25) is 0 Å². The maximum atomic E-state index is 14.1. The second-order valence-corrected chi connectivity index (χ2v) is 6.79. The van der Waals surface area contributed by atoms with E-state index in [4.69, 9.17) is 4.74 Å². The summed E-state index contributed by atoms with van der Waals surface area (Å²) in [5.41, 5.74) is 1.62. The molecule has 0 amide bonds. The van der Waals surface area contributed by atoms with Gasteiger partial charge < -0.3 is 19.6 Å². The first kappa shape index (κ1) is 19.6. The van der Waals surface area contributed by atoms with Crippen LogP contribution >= 0.6 is 0 Å². The van der Waals surface area contributed by atoms with Crippen LogP contribution in [0.1, 0.15) is 11.3 Å². The van der Waals surface area contributed by atoms with Crippen LogP contribution in [-0.4, -0.2) is 16.6 Å². The van der Waals surface area contributed by atoms with Gasteiger partial charge >= 0.3 is 0 Å². The number of aromatic nitrogens is 2. The lowest BCUT2D eigenvalue weighted by molar-refractivity contribution is 0.301. The SMILES string of the molecule is CNc1cccn(Cc2cc3cc(F)cc(OCc4ccc(F)cc4F)c3[nH]2)c1=O. The van der Waals surface area contributed by atoms with Gasteiger partial charge in [0.05, 0.1) is 12.1 Å². The van der Waals surface area contributed by atoms with Crippen molar-refractivity contribution in [3.05, 3.63) is 93.8 Å². The van der Waals surface area contributed by atoms with E-state index in [0.717, 1.165) is 12.1 Å². The molecule has 154 valence electrons. The number of nitrogens with one attached hydrogen (secondary N) is 2. The highest BCUT2D eigenvalue weighted by atomic mass is 19.1. The first-order valence-corrected chi connectivity index (χ1v) is 9.19. The van der Waals surface area contributed by atoms with E-state index in [9.17, 15) is 18.0 Å². The van der Waals surface area contributed by atoms with Gasteiger partial charge in [0.25, 0.3) is 5.56 Å². The minimum Gasteiger partial charge on any atom is -0.486 e. The Hall–Kier alpha value is -3.68. The average molecular weight is 413 g/mol. The first-order chi connectivity index (χ1) is 14.4. The third kappa shape index (κ3) is 3.89. The Morgan fingerprint density at radius 3 is 2.67 bits per heavy atom. The Labute approximate surface area is 169 Å². The molecule has 0 bridgehead atoms. The van der Waals surface area contributed by atoms with Gasteiger partial charge in [-0.25, -0.2) is 13.2 Å². The lowest BCUT2D eigenvalue weighted by atomic mass is 10.2. The number of aromatic amines is 1. The summed E-state index contributed by atoms with van der Waals surface area (Å²) in [6, 6.07) is 10.9. The van der Waals surface area contributed by atoms with E-state index in [-0.39, 0.29) is 30.0 Å². The molecule has 0 radical (unpaired) electrons. The van der Waals surface area contributed by atoms with Gasteiger partial charge in [0.1, 0.15) is 35.5 Å². The van der Waals surface area contributed by atoms with Crippen LogP contribution in [0.25, 0.3) is 10.9 Å². The molecule has 0 spiro atoms. The van der Waals surface area contributed by atoms with Crippen LogP contribution in [0, 0.1) is 17.5 Å². The number of H-pyrrole nitrogens is 1. The monoisotopic (exact) mass is 413 g/mol. The van der Waals surface area contributed by atoms with E-state index in [2.05, 4.69) is 10.3 Å². The predicted octanol–water partition coefficient (Wildman–Crippen LogP) is 4.42. The fourth-order valence-electron chi connectivity index (χ4n) is 3.26. The van der Waals surface area contributed by atoms with Crippen molar-refractivity contribution in [2.75, 3.05) is 12.4 Å². The quantitative estimate of drug-likeness (QED) is 0.492. The molecule has 0 atom stereocenters. The lowest BCUT2D eigenvalue weighted by Gasteiger charge is -2.09. The number of ether oxygens (including phenoxy) is 1. The minimum atomic E-state index is -0.737. The molecule has 0 aliphatic carbocycles. The molecule has 4 rings (SSSR count). The topological polar surface area (TPSA) is 59.1 Å². The molecule has 2 aromatic carbocycles. The number of pyridine rings is 1. The van der Waals surface area contributed by atoms with Crippen molar-refractivity contribution >= 4 is 16.6 Å². The van der Waals surface area contributed by atoms with Gasteiger partial charge in [-0.3, -0.25) is 4.79 Å². The third-order valence-electron chi connectivity index (χ3n) is 4.74.